The van der Waals surface area contributed by atoms with E-state index >= 15 is 0 Å². The Balaban J connectivity index is 1.31. The molecule has 2 aromatic carbocycles. The predicted octanol–water partition coefficient (Wildman–Crippen LogP) is 2.80. The second kappa shape index (κ2) is 9.47. The van der Waals surface area contributed by atoms with Crippen LogP contribution in [0.2, 0.25) is 0 Å². The molecule has 7 heteroatoms. The summed E-state index contributed by atoms with van der Waals surface area (Å²) in [6, 6.07) is 19.3. The Hall–Kier alpha value is -3.61. The van der Waals surface area contributed by atoms with Crippen LogP contribution in [-0.4, -0.2) is 40.1 Å². The van der Waals surface area contributed by atoms with Crippen molar-refractivity contribution in [3.05, 3.63) is 83.2 Å². The monoisotopic (exact) mass is 418 g/mol. The van der Waals surface area contributed by atoms with E-state index in [4.69, 9.17) is 4.74 Å². The number of hydrogen-bond acceptors (Lipinski definition) is 4. The highest BCUT2D eigenvalue weighted by Gasteiger charge is 2.23. The Kier molecular flexibility index (Phi) is 6.31. The second-order valence-corrected chi connectivity index (χ2v) is 7.58. The second-order valence-electron chi connectivity index (χ2n) is 7.58. The quantitative estimate of drug-likeness (QED) is 0.640. The van der Waals surface area contributed by atoms with Crippen LogP contribution in [-0.2, 0) is 30.8 Å². The lowest BCUT2D eigenvalue weighted by atomic mass is 10.1. The Morgan fingerprint density at radius 2 is 1.81 bits per heavy atom. The molecule has 3 aromatic rings. The summed E-state index contributed by atoms with van der Waals surface area (Å²) in [6.07, 6.45) is 1.14. The maximum atomic E-state index is 12.7. The van der Waals surface area contributed by atoms with Crippen LogP contribution in [0.5, 0.6) is 5.75 Å². The van der Waals surface area contributed by atoms with Gasteiger partial charge in [-0.15, -0.1) is 0 Å². The summed E-state index contributed by atoms with van der Waals surface area (Å²) in [5, 5.41) is 7.32. The van der Waals surface area contributed by atoms with E-state index in [2.05, 4.69) is 10.4 Å². The number of benzene rings is 2. The number of rotatable bonds is 7. The third kappa shape index (κ3) is 5.12. The van der Waals surface area contributed by atoms with Gasteiger partial charge in [-0.3, -0.25) is 14.3 Å². The fourth-order valence-corrected chi connectivity index (χ4v) is 3.66. The van der Waals surface area contributed by atoms with Crippen molar-refractivity contribution in [1.29, 1.82) is 0 Å². The fourth-order valence-electron chi connectivity index (χ4n) is 3.66. The maximum Gasteiger partial charge on any atom is 0.272 e. The van der Waals surface area contributed by atoms with Crippen LogP contribution in [0.4, 0.5) is 0 Å². The highest BCUT2D eigenvalue weighted by Crippen LogP contribution is 2.17. The molecule has 0 atom stereocenters. The van der Waals surface area contributed by atoms with Gasteiger partial charge in [-0.2, -0.15) is 5.10 Å². The number of aryl methyl sites for hydroxylation is 1. The minimum absolute atomic E-state index is 0.110. The minimum atomic E-state index is -0.205. The van der Waals surface area contributed by atoms with E-state index in [1.54, 1.807) is 13.2 Å². The number of amides is 2. The first-order valence-corrected chi connectivity index (χ1v) is 10.4. The standard InChI is InChI=1S/C24H26N4O3/c1-31-21-10-7-18(8-11-21)9-12-23(29)27-13-14-28-20(17-27)15-22(26-28)24(30)25-16-19-5-3-2-4-6-19/h2-8,10-11,15H,9,12-14,16-17H2,1H3,(H,25,30). The molecule has 160 valence electrons. The average Bonchev–Trinajstić information content (AvgIpc) is 3.25. The molecule has 4 rings (SSSR count). The van der Waals surface area contributed by atoms with Crippen molar-refractivity contribution in [3.8, 4) is 5.75 Å². The summed E-state index contributed by atoms with van der Waals surface area (Å²) in [4.78, 5) is 27.0. The molecule has 1 aliphatic rings. The molecule has 0 unspecified atom stereocenters. The zero-order valence-electron chi connectivity index (χ0n) is 17.6. The number of nitrogens with one attached hydrogen (secondary N) is 1. The first kappa shape index (κ1) is 20.7. The zero-order chi connectivity index (χ0) is 21.6. The van der Waals surface area contributed by atoms with Gasteiger partial charge in [-0.1, -0.05) is 42.5 Å². The van der Waals surface area contributed by atoms with Crippen molar-refractivity contribution in [2.24, 2.45) is 0 Å². The van der Waals surface area contributed by atoms with Gasteiger partial charge in [0.1, 0.15) is 5.75 Å². The summed E-state index contributed by atoms with van der Waals surface area (Å²) < 4.78 is 6.99. The topological polar surface area (TPSA) is 76.5 Å². The van der Waals surface area contributed by atoms with Crippen LogP contribution in [0.25, 0.3) is 0 Å². The number of carbonyl (C=O) groups excluding carboxylic acids is 2. The molecule has 2 heterocycles. The normalized spacial score (nSPS) is 12.9. The van der Waals surface area contributed by atoms with Gasteiger partial charge in [0.25, 0.3) is 5.91 Å². The van der Waals surface area contributed by atoms with E-state index in [0.717, 1.165) is 22.6 Å². The van der Waals surface area contributed by atoms with E-state index in [1.807, 2.05) is 64.2 Å². The van der Waals surface area contributed by atoms with Crippen molar-refractivity contribution in [1.82, 2.24) is 20.0 Å². The van der Waals surface area contributed by atoms with Crippen LogP contribution in [0.15, 0.2) is 60.7 Å². The number of hydrogen-bond donors (Lipinski definition) is 1. The molecule has 0 saturated heterocycles. The molecule has 1 aromatic heterocycles. The molecule has 1 N–H and O–H groups in total. The molecule has 0 spiro atoms. The fraction of sp³-hybridized carbons (Fsp3) is 0.292. The lowest BCUT2D eigenvalue weighted by Crippen LogP contribution is -2.38. The molecule has 2 amide bonds. The molecule has 0 bridgehead atoms. The molecule has 0 aliphatic carbocycles. The molecular weight excluding hydrogens is 392 g/mol. The third-order valence-electron chi connectivity index (χ3n) is 5.47. The van der Waals surface area contributed by atoms with E-state index in [1.165, 1.54) is 0 Å². The summed E-state index contributed by atoms with van der Waals surface area (Å²) in [5.41, 5.74) is 3.41. The van der Waals surface area contributed by atoms with Gasteiger partial charge < -0.3 is 15.0 Å². The third-order valence-corrected chi connectivity index (χ3v) is 5.47. The summed E-state index contributed by atoms with van der Waals surface area (Å²) >= 11 is 0. The van der Waals surface area contributed by atoms with Gasteiger partial charge in [0.15, 0.2) is 5.69 Å². The van der Waals surface area contributed by atoms with Crippen molar-refractivity contribution < 1.29 is 14.3 Å². The van der Waals surface area contributed by atoms with Crippen LogP contribution in [0.1, 0.15) is 33.7 Å². The van der Waals surface area contributed by atoms with E-state index in [-0.39, 0.29) is 11.8 Å². The lowest BCUT2D eigenvalue weighted by Gasteiger charge is -2.27. The predicted molar refractivity (Wildman–Crippen MR) is 117 cm³/mol. The number of fused-ring (bicyclic) bond motifs is 1. The van der Waals surface area contributed by atoms with Crippen molar-refractivity contribution in [2.45, 2.75) is 32.5 Å². The van der Waals surface area contributed by atoms with Crippen LogP contribution in [0, 0.1) is 0 Å². The number of ether oxygens (including phenoxy) is 1. The smallest absolute Gasteiger partial charge is 0.272 e. The van der Waals surface area contributed by atoms with Gasteiger partial charge >= 0.3 is 0 Å². The molecule has 7 nitrogen and oxygen atoms in total. The van der Waals surface area contributed by atoms with Crippen LogP contribution >= 0.6 is 0 Å². The largest absolute Gasteiger partial charge is 0.497 e. The molecule has 31 heavy (non-hydrogen) atoms. The van der Waals surface area contributed by atoms with Crippen LogP contribution in [0.3, 0.4) is 0 Å². The number of methoxy groups -OCH3 is 1. The molecule has 0 saturated carbocycles. The maximum absolute atomic E-state index is 12.7. The molecule has 0 radical (unpaired) electrons. The first-order valence-electron chi connectivity index (χ1n) is 10.4. The van der Waals surface area contributed by atoms with E-state index < -0.39 is 0 Å². The summed E-state index contributed by atoms with van der Waals surface area (Å²) in [5.74, 6) is 0.712. The Morgan fingerprint density at radius 1 is 1.03 bits per heavy atom. The molecular formula is C24H26N4O3. The SMILES string of the molecule is COc1ccc(CCC(=O)N2CCn3nc(C(=O)NCc4ccccc4)cc3C2)cc1. The van der Waals surface area contributed by atoms with E-state index in [0.29, 0.717) is 44.7 Å². The summed E-state index contributed by atoms with van der Waals surface area (Å²) in [6.45, 7) is 2.12. The number of carbonyl (C=O) groups is 2. The van der Waals surface area contributed by atoms with E-state index in [9.17, 15) is 9.59 Å². The Labute approximate surface area is 181 Å². The molecule has 0 fully saturated rings. The average molecular weight is 418 g/mol. The van der Waals surface area contributed by atoms with Crippen molar-refractivity contribution in [3.63, 3.8) is 0 Å². The Bertz CT molecular complexity index is 1040. The number of nitrogens with zero attached hydrogens (tertiary/aromatic N) is 3. The van der Waals surface area contributed by atoms with Gasteiger partial charge in [-0.25, -0.2) is 0 Å². The number of aromatic nitrogens is 2. The van der Waals surface area contributed by atoms with Gasteiger partial charge in [-0.05, 0) is 35.7 Å². The first-order chi connectivity index (χ1) is 15.1. The lowest BCUT2D eigenvalue weighted by molar-refractivity contribution is -0.132. The Morgan fingerprint density at radius 3 is 2.55 bits per heavy atom. The highest BCUT2D eigenvalue weighted by molar-refractivity contribution is 5.92. The van der Waals surface area contributed by atoms with Gasteiger partial charge in [0.05, 0.1) is 25.9 Å². The van der Waals surface area contributed by atoms with Gasteiger partial charge in [0, 0.05) is 19.5 Å². The van der Waals surface area contributed by atoms with Gasteiger partial charge in [0.2, 0.25) is 5.91 Å². The highest BCUT2D eigenvalue weighted by atomic mass is 16.5. The molecule has 1 aliphatic heterocycles. The van der Waals surface area contributed by atoms with Crippen molar-refractivity contribution in [2.75, 3.05) is 13.7 Å². The zero-order valence-corrected chi connectivity index (χ0v) is 17.6. The van der Waals surface area contributed by atoms with Crippen molar-refractivity contribution >= 4 is 11.8 Å². The minimum Gasteiger partial charge on any atom is -0.497 e. The summed E-state index contributed by atoms with van der Waals surface area (Å²) in [7, 11) is 1.64. The van der Waals surface area contributed by atoms with Crippen LogP contribution < -0.4 is 10.1 Å².